The quantitative estimate of drug-likeness (QED) is 0.782. The molecule has 0 bridgehead atoms. The molecule has 0 radical (unpaired) electrons. The molecule has 1 N–H and O–H groups in total. The third-order valence-corrected chi connectivity index (χ3v) is 3.24. The number of amides is 1. The van der Waals surface area contributed by atoms with Gasteiger partial charge < -0.3 is 14.6 Å². The molecule has 132 valence electrons. The van der Waals surface area contributed by atoms with E-state index >= 15 is 0 Å². The summed E-state index contributed by atoms with van der Waals surface area (Å²) in [6.07, 6.45) is -0.136. The SMILES string of the molecule is CC(C)(C)OC(=O)[C@H]1CC[C@@H](C(=O)O)CN1C(=O)OC(C)(C)C. The molecule has 1 amide bonds. The zero-order valence-corrected chi connectivity index (χ0v) is 14.7. The molecule has 0 saturated carbocycles. The molecular weight excluding hydrogens is 302 g/mol. The van der Waals surface area contributed by atoms with E-state index in [4.69, 9.17) is 9.47 Å². The van der Waals surface area contributed by atoms with Crippen molar-refractivity contribution in [3.05, 3.63) is 0 Å². The molecule has 0 aromatic carbocycles. The molecule has 1 heterocycles. The van der Waals surface area contributed by atoms with Gasteiger partial charge in [-0.25, -0.2) is 9.59 Å². The van der Waals surface area contributed by atoms with Crippen molar-refractivity contribution in [1.29, 1.82) is 0 Å². The van der Waals surface area contributed by atoms with E-state index in [1.807, 2.05) is 0 Å². The largest absolute Gasteiger partial charge is 0.481 e. The molecule has 0 unspecified atom stereocenters. The minimum Gasteiger partial charge on any atom is -0.481 e. The predicted molar refractivity (Wildman–Crippen MR) is 82.9 cm³/mol. The van der Waals surface area contributed by atoms with Crippen LogP contribution in [0.2, 0.25) is 0 Å². The Bertz CT molecular complexity index is 474. The van der Waals surface area contributed by atoms with Gasteiger partial charge in [-0.2, -0.15) is 0 Å². The average Bonchev–Trinajstić information content (AvgIpc) is 2.33. The number of carbonyl (C=O) groups is 3. The van der Waals surface area contributed by atoms with E-state index in [9.17, 15) is 19.5 Å². The molecule has 23 heavy (non-hydrogen) atoms. The van der Waals surface area contributed by atoms with Gasteiger partial charge in [-0.1, -0.05) is 0 Å². The third-order valence-electron chi connectivity index (χ3n) is 3.24. The minimum absolute atomic E-state index is 0.0614. The summed E-state index contributed by atoms with van der Waals surface area (Å²) in [6.45, 7) is 10.3. The van der Waals surface area contributed by atoms with E-state index < -0.39 is 41.2 Å². The average molecular weight is 329 g/mol. The van der Waals surface area contributed by atoms with E-state index in [1.54, 1.807) is 41.5 Å². The van der Waals surface area contributed by atoms with Gasteiger partial charge in [-0.3, -0.25) is 9.69 Å². The fourth-order valence-electron chi connectivity index (χ4n) is 2.31. The number of carboxylic acid groups (broad SMARTS) is 1. The number of hydrogen-bond acceptors (Lipinski definition) is 5. The summed E-state index contributed by atoms with van der Waals surface area (Å²) in [5.74, 6) is -2.23. The van der Waals surface area contributed by atoms with Gasteiger partial charge in [0.25, 0.3) is 0 Å². The Balaban J connectivity index is 2.95. The lowest BCUT2D eigenvalue weighted by Crippen LogP contribution is -2.54. The van der Waals surface area contributed by atoms with Crippen LogP contribution in [-0.4, -0.2) is 51.8 Å². The third kappa shape index (κ3) is 6.08. The topological polar surface area (TPSA) is 93.1 Å². The maximum atomic E-state index is 12.4. The van der Waals surface area contributed by atoms with Crippen molar-refractivity contribution in [3.8, 4) is 0 Å². The van der Waals surface area contributed by atoms with Crippen molar-refractivity contribution in [2.45, 2.75) is 71.6 Å². The highest BCUT2D eigenvalue weighted by Crippen LogP contribution is 2.26. The number of esters is 1. The summed E-state index contributed by atoms with van der Waals surface area (Å²) >= 11 is 0. The smallest absolute Gasteiger partial charge is 0.411 e. The molecule has 1 aliphatic rings. The summed E-state index contributed by atoms with van der Waals surface area (Å²) in [5, 5.41) is 9.19. The molecule has 1 fully saturated rings. The Morgan fingerprint density at radius 3 is 1.91 bits per heavy atom. The van der Waals surface area contributed by atoms with E-state index in [0.717, 1.165) is 0 Å². The van der Waals surface area contributed by atoms with Crippen LogP contribution in [0.1, 0.15) is 54.4 Å². The molecule has 2 atom stereocenters. The van der Waals surface area contributed by atoms with Crippen LogP contribution in [0.5, 0.6) is 0 Å². The van der Waals surface area contributed by atoms with E-state index in [-0.39, 0.29) is 13.0 Å². The maximum Gasteiger partial charge on any atom is 0.411 e. The van der Waals surface area contributed by atoms with Gasteiger partial charge in [-0.05, 0) is 54.4 Å². The monoisotopic (exact) mass is 329 g/mol. The number of hydrogen-bond donors (Lipinski definition) is 1. The lowest BCUT2D eigenvalue weighted by molar-refractivity contribution is -0.165. The summed E-state index contributed by atoms with van der Waals surface area (Å²) in [4.78, 5) is 37.1. The highest BCUT2D eigenvalue weighted by Gasteiger charge is 2.41. The lowest BCUT2D eigenvalue weighted by atomic mass is 9.93. The van der Waals surface area contributed by atoms with Crippen molar-refractivity contribution in [2.24, 2.45) is 5.92 Å². The molecule has 1 aliphatic heterocycles. The molecule has 7 nitrogen and oxygen atoms in total. The zero-order valence-electron chi connectivity index (χ0n) is 14.7. The number of rotatable bonds is 2. The summed E-state index contributed by atoms with van der Waals surface area (Å²) in [5.41, 5.74) is -1.41. The predicted octanol–water partition coefficient (Wildman–Crippen LogP) is 2.43. The van der Waals surface area contributed by atoms with Crippen molar-refractivity contribution < 1.29 is 29.0 Å². The normalized spacial score (nSPS) is 22.4. The first kappa shape index (κ1) is 19.3. The Morgan fingerprint density at radius 2 is 1.48 bits per heavy atom. The molecular formula is C16H27NO6. The molecule has 0 aromatic heterocycles. The van der Waals surface area contributed by atoms with Gasteiger partial charge in [0, 0.05) is 6.54 Å². The van der Waals surface area contributed by atoms with Crippen LogP contribution in [-0.2, 0) is 19.1 Å². The fourth-order valence-corrected chi connectivity index (χ4v) is 2.31. The first-order valence-electron chi connectivity index (χ1n) is 7.75. The second-order valence-electron chi connectivity index (χ2n) is 7.79. The number of piperidine rings is 1. The first-order valence-corrected chi connectivity index (χ1v) is 7.75. The number of likely N-dealkylation sites (tertiary alicyclic amines) is 1. The van der Waals surface area contributed by atoms with Gasteiger partial charge in [0.1, 0.15) is 17.2 Å². The first-order chi connectivity index (χ1) is 10.3. The minimum atomic E-state index is -0.985. The highest BCUT2D eigenvalue weighted by molar-refractivity contribution is 5.83. The summed E-state index contributed by atoms with van der Waals surface area (Å²) < 4.78 is 10.6. The van der Waals surface area contributed by atoms with Crippen LogP contribution in [0.3, 0.4) is 0 Å². The Kier molecular flexibility index (Phi) is 5.66. The van der Waals surface area contributed by atoms with Gasteiger partial charge in [0.2, 0.25) is 0 Å². The molecule has 0 aromatic rings. The summed E-state index contributed by atoms with van der Waals surface area (Å²) in [7, 11) is 0. The van der Waals surface area contributed by atoms with Crippen LogP contribution in [0.4, 0.5) is 4.79 Å². The van der Waals surface area contributed by atoms with Crippen LogP contribution < -0.4 is 0 Å². The van der Waals surface area contributed by atoms with Crippen molar-refractivity contribution in [1.82, 2.24) is 4.90 Å². The van der Waals surface area contributed by atoms with Gasteiger partial charge >= 0.3 is 18.0 Å². The molecule has 7 heteroatoms. The molecule has 1 rings (SSSR count). The van der Waals surface area contributed by atoms with E-state index in [0.29, 0.717) is 6.42 Å². The Morgan fingerprint density at radius 1 is 0.957 bits per heavy atom. The summed E-state index contributed by atoms with van der Waals surface area (Å²) in [6, 6.07) is -0.820. The lowest BCUT2D eigenvalue weighted by Gasteiger charge is -2.38. The van der Waals surface area contributed by atoms with Crippen molar-refractivity contribution in [2.75, 3.05) is 6.54 Å². The van der Waals surface area contributed by atoms with Gasteiger partial charge in [0.15, 0.2) is 0 Å². The zero-order chi connectivity index (χ0) is 18.0. The second kappa shape index (κ2) is 6.76. The molecule has 0 aliphatic carbocycles. The van der Waals surface area contributed by atoms with E-state index in [2.05, 4.69) is 0 Å². The fraction of sp³-hybridized carbons (Fsp3) is 0.812. The standard InChI is InChI=1S/C16H27NO6/c1-15(2,3)22-13(20)11-8-7-10(12(18)19)9-17(11)14(21)23-16(4,5)6/h10-11H,7-9H2,1-6H3,(H,18,19)/t10-,11-/m1/s1. The Hall–Kier alpha value is -1.79. The maximum absolute atomic E-state index is 12.4. The van der Waals surface area contributed by atoms with Crippen molar-refractivity contribution in [3.63, 3.8) is 0 Å². The number of carbonyl (C=O) groups excluding carboxylic acids is 2. The number of nitrogens with zero attached hydrogens (tertiary/aromatic N) is 1. The Labute approximate surface area is 136 Å². The van der Waals surface area contributed by atoms with Crippen LogP contribution in [0.15, 0.2) is 0 Å². The second-order valence-corrected chi connectivity index (χ2v) is 7.79. The van der Waals surface area contributed by atoms with Gasteiger partial charge in [-0.15, -0.1) is 0 Å². The molecule has 0 spiro atoms. The molecule has 1 saturated heterocycles. The van der Waals surface area contributed by atoms with Crippen LogP contribution >= 0.6 is 0 Å². The van der Waals surface area contributed by atoms with Crippen LogP contribution in [0.25, 0.3) is 0 Å². The number of ether oxygens (including phenoxy) is 2. The van der Waals surface area contributed by atoms with Gasteiger partial charge in [0.05, 0.1) is 5.92 Å². The van der Waals surface area contributed by atoms with Crippen molar-refractivity contribution >= 4 is 18.0 Å². The number of aliphatic carboxylic acids is 1. The van der Waals surface area contributed by atoms with Crippen LogP contribution in [0, 0.1) is 5.92 Å². The highest BCUT2D eigenvalue weighted by atomic mass is 16.6. The van der Waals surface area contributed by atoms with E-state index in [1.165, 1.54) is 4.90 Å². The number of carboxylic acids is 1.